The molecule has 0 aliphatic carbocycles. The molecule has 2 saturated heterocycles. The quantitative estimate of drug-likeness (QED) is 0.814. The third-order valence-corrected chi connectivity index (χ3v) is 6.36. The molecule has 1 unspecified atom stereocenters. The van der Waals surface area contributed by atoms with Crippen LogP contribution in [0.2, 0.25) is 0 Å². The molecule has 1 atom stereocenters. The molecule has 0 radical (unpaired) electrons. The van der Waals surface area contributed by atoms with Crippen LogP contribution in [0, 0.1) is 5.92 Å². The lowest BCUT2D eigenvalue weighted by Gasteiger charge is -2.36. The molecule has 2 aliphatic rings. The first-order valence-corrected chi connectivity index (χ1v) is 11.1. The largest absolute Gasteiger partial charge is 0.378 e. The molecule has 4 rings (SSSR count). The minimum atomic E-state index is -0.191. The van der Waals surface area contributed by atoms with Crippen LogP contribution in [0.1, 0.15) is 32.9 Å². The molecule has 2 aliphatic heterocycles. The predicted octanol–water partition coefficient (Wildman–Crippen LogP) is 2.71. The number of amides is 3. The average molecular weight is 428 g/mol. The van der Waals surface area contributed by atoms with Crippen molar-refractivity contribution in [2.45, 2.75) is 12.8 Å². The number of carbonyl (C=O) groups excluding carboxylic acids is 3. The van der Waals surface area contributed by atoms with E-state index < -0.39 is 0 Å². The zero-order valence-corrected chi connectivity index (χ0v) is 17.5. The molecule has 2 fully saturated rings. The minimum Gasteiger partial charge on any atom is -0.378 e. The lowest BCUT2D eigenvalue weighted by Crippen LogP contribution is -2.49. The maximum absolute atomic E-state index is 13.1. The van der Waals surface area contributed by atoms with Gasteiger partial charge in [0.1, 0.15) is 0 Å². The van der Waals surface area contributed by atoms with Gasteiger partial charge in [-0.1, -0.05) is 12.1 Å². The summed E-state index contributed by atoms with van der Waals surface area (Å²) >= 11 is 1.37. The molecule has 7 nitrogen and oxygen atoms in total. The van der Waals surface area contributed by atoms with Gasteiger partial charge >= 0.3 is 0 Å². The van der Waals surface area contributed by atoms with Gasteiger partial charge in [-0.15, -0.1) is 11.3 Å². The fourth-order valence-electron chi connectivity index (χ4n) is 3.92. The number of hydrogen-bond donors (Lipinski definition) is 1. The summed E-state index contributed by atoms with van der Waals surface area (Å²) in [7, 11) is 0. The second-order valence-electron chi connectivity index (χ2n) is 7.54. The standard InChI is InChI=1S/C22H25N3O4S/c26-20(19-7-3-13-30-19)23-18-6-1-4-16(14-18)21(27)25-8-2-5-17(15-25)22(28)24-9-11-29-12-10-24/h1,3-4,6-7,13-14,17H,2,5,8-12,15H2,(H,23,26). The van der Waals surface area contributed by atoms with E-state index in [-0.39, 0.29) is 23.6 Å². The molecular formula is C22H25N3O4S. The second kappa shape index (κ2) is 9.40. The SMILES string of the molecule is O=C(Nc1cccc(C(=O)N2CCCC(C(=O)N3CCOCC3)C2)c1)c1cccs1. The van der Waals surface area contributed by atoms with Crippen LogP contribution in [0.25, 0.3) is 0 Å². The van der Waals surface area contributed by atoms with Crippen LogP contribution in [-0.2, 0) is 9.53 Å². The van der Waals surface area contributed by atoms with Gasteiger partial charge in [-0.3, -0.25) is 14.4 Å². The normalized spacial score (nSPS) is 19.4. The van der Waals surface area contributed by atoms with Gasteiger partial charge in [-0.25, -0.2) is 0 Å². The smallest absolute Gasteiger partial charge is 0.265 e. The average Bonchev–Trinajstić information content (AvgIpc) is 3.34. The third kappa shape index (κ3) is 4.71. The van der Waals surface area contributed by atoms with E-state index in [2.05, 4.69) is 5.32 Å². The van der Waals surface area contributed by atoms with Gasteiger partial charge in [-0.05, 0) is 42.5 Å². The maximum atomic E-state index is 13.1. The van der Waals surface area contributed by atoms with E-state index in [1.54, 1.807) is 35.2 Å². The first-order chi connectivity index (χ1) is 14.6. The zero-order chi connectivity index (χ0) is 20.9. The van der Waals surface area contributed by atoms with Crippen LogP contribution in [0.5, 0.6) is 0 Å². The molecule has 1 aromatic carbocycles. The van der Waals surface area contributed by atoms with E-state index >= 15 is 0 Å². The summed E-state index contributed by atoms with van der Waals surface area (Å²) in [5.41, 5.74) is 1.09. The highest BCUT2D eigenvalue weighted by Gasteiger charge is 2.32. The Labute approximate surface area is 179 Å². The summed E-state index contributed by atoms with van der Waals surface area (Å²) < 4.78 is 5.33. The fraction of sp³-hybridized carbons (Fsp3) is 0.409. The number of benzene rings is 1. The topological polar surface area (TPSA) is 79.0 Å². The fourth-order valence-corrected chi connectivity index (χ4v) is 4.54. The van der Waals surface area contributed by atoms with Gasteiger partial charge < -0.3 is 19.9 Å². The van der Waals surface area contributed by atoms with Crippen molar-refractivity contribution in [3.63, 3.8) is 0 Å². The van der Waals surface area contributed by atoms with Crippen LogP contribution < -0.4 is 5.32 Å². The Balaban J connectivity index is 1.41. The number of nitrogens with one attached hydrogen (secondary N) is 1. The van der Waals surface area contributed by atoms with Crippen molar-refractivity contribution in [3.05, 3.63) is 52.2 Å². The molecule has 158 valence electrons. The summed E-state index contributed by atoms with van der Waals surface area (Å²) in [5, 5.41) is 4.69. The van der Waals surface area contributed by atoms with Crippen LogP contribution in [0.4, 0.5) is 5.69 Å². The molecule has 3 heterocycles. The molecule has 0 saturated carbocycles. The van der Waals surface area contributed by atoms with E-state index in [0.717, 1.165) is 12.8 Å². The van der Waals surface area contributed by atoms with Crippen molar-refractivity contribution >= 4 is 34.7 Å². The highest BCUT2D eigenvalue weighted by molar-refractivity contribution is 7.12. The zero-order valence-electron chi connectivity index (χ0n) is 16.7. The number of morpholine rings is 1. The number of rotatable bonds is 4. The van der Waals surface area contributed by atoms with Crippen LogP contribution in [0.15, 0.2) is 41.8 Å². The van der Waals surface area contributed by atoms with Crippen LogP contribution in [-0.4, -0.2) is 66.9 Å². The number of anilines is 1. The van der Waals surface area contributed by atoms with Gasteiger partial charge in [0.15, 0.2) is 0 Å². The summed E-state index contributed by atoms with van der Waals surface area (Å²) in [4.78, 5) is 42.4. The number of likely N-dealkylation sites (tertiary alicyclic amines) is 1. The summed E-state index contributed by atoms with van der Waals surface area (Å²) in [6.07, 6.45) is 1.61. The highest BCUT2D eigenvalue weighted by atomic mass is 32.1. The van der Waals surface area contributed by atoms with E-state index in [1.165, 1.54) is 11.3 Å². The van der Waals surface area contributed by atoms with Crippen LogP contribution in [0.3, 0.4) is 0 Å². The monoisotopic (exact) mass is 427 g/mol. The minimum absolute atomic E-state index is 0.110. The van der Waals surface area contributed by atoms with Gasteiger partial charge in [0.2, 0.25) is 5.91 Å². The van der Waals surface area contributed by atoms with Crippen molar-refractivity contribution in [2.24, 2.45) is 5.92 Å². The molecule has 2 aromatic rings. The van der Waals surface area contributed by atoms with Crippen molar-refractivity contribution < 1.29 is 19.1 Å². The number of thiophene rings is 1. The number of carbonyl (C=O) groups is 3. The van der Waals surface area contributed by atoms with Crippen molar-refractivity contribution in [1.29, 1.82) is 0 Å². The first-order valence-electron chi connectivity index (χ1n) is 10.2. The summed E-state index contributed by atoms with van der Waals surface area (Å²) in [5.74, 6) is -0.347. The lowest BCUT2D eigenvalue weighted by molar-refractivity contribution is -0.141. The number of hydrogen-bond acceptors (Lipinski definition) is 5. The molecule has 0 bridgehead atoms. The summed E-state index contributed by atoms with van der Waals surface area (Å²) in [6, 6.07) is 10.6. The van der Waals surface area contributed by atoms with Crippen molar-refractivity contribution in [2.75, 3.05) is 44.7 Å². The van der Waals surface area contributed by atoms with Gasteiger partial charge in [-0.2, -0.15) is 0 Å². The van der Waals surface area contributed by atoms with E-state index in [1.807, 2.05) is 16.3 Å². The van der Waals surface area contributed by atoms with Crippen LogP contribution >= 0.6 is 11.3 Å². The Kier molecular flexibility index (Phi) is 6.44. The maximum Gasteiger partial charge on any atom is 0.265 e. The molecule has 1 N–H and O–H groups in total. The molecule has 1 aromatic heterocycles. The third-order valence-electron chi connectivity index (χ3n) is 5.49. The Morgan fingerprint density at radius 1 is 1.03 bits per heavy atom. The second-order valence-corrected chi connectivity index (χ2v) is 8.49. The number of nitrogens with zero attached hydrogens (tertiary/aromatic N) is 2. The predicted molar refractivity (Wildman–Crippen MR) is 115 cm³/mol. The lowest BCUT2D eigenvalue weighted by atomic mass is 9.95. The molecule has 3 amide bonds. The Morgan fingerprint density at radius 3 is 2.63 bits per heavy atom. The first kappa shape index (κ1) is 20.6. The Hall–Kier alpha value is -2.71. The van der Waals surface area contributed by atoms with E-state index in [9.17, 15) is 14.4 Å². The molecule has 8 heteroatoms. The van der Waals surface area contributed by atoms with E-state index in [0.29, 0.717) is 55.5 Å². The van der Waals surface area contributed by atoms with Gasteiger partial charge in [0.25, 0.3) is 11.8 Å². The van der Waals surface area contributed by atoms with E-state index in [4.69, 9.17) is 4.74 Å². The Bertz CT molecular complexity index is 909. The Morgan fingerprint density at radius 2 is 1.87 bits per heavy atom. The molecule has 30 heavy (non-hydrogen) atoms. The van der Waals surface area contributed by atoms with Crippen molar-refractivity contribution in [3.8, 4) is 0 Å². The van der Waals surface area contributed by atoms with Crippen molar-refractivity contribution in [1.82, 2.24) is 9.80 Å². The van der Waals surface area contributed by atoms with Gasteiger partial charge in [0, 0.05) is 37.4 Å². The molecular weight excluding hydrogens is 402 g/mol. The highest BCUT2D eigenvalue weighted by Crippen LogP contribution is 2.22. The number of piperidine rings is 1. The molecule has 0 spiro atoms. The summed E-state index contributed by atoms with van der Waals surface area (Å²) in [6.45, 7) is 3.46. The van der Waals surface area contributed by atoms with Gasteiger partial charge in [0.05, 0.1) is 24.0 Å². The number of ether oxygens (including phenoxy) is 1.